The van der Waals surface area contributed by atoms with Gasteiger partial charge in [-0.1, -0.05) is 23.8 Å². The molecule has 2 heterocycles. The number of fused-ring (bicyclic) bond motifs is 1. The van der Waals surface area contributed by atoms with Crippen LogP contribution in [0.4, 0.5) is 10.1 Å². The third-order valence-electron chi connectivity index (χ3n) is 5.85. The number of benzene rings is 2. The van der Waals surface area contributed by atoms with Crippen LogP contribution in [0.1, 0.15) is 29.0 Å². The van der Waals surface area contributed by atoms with Crippen molar-refractivity contribution in [1.29, 1.82) is 0 Å². The van der Waals surface area contributed by atoms with Gasteiger partial charge < -0.3 is 10.2 Å². The molecule has 0 unspecified atom stereocenters. The van der Waals surface area contributed by atoms with Crippen LogP contribution in [0.2, 0.25) is 0 Å². The number of hydrogen-bond donors (Lipinski definition) is 1. The third kappa shape index (κ3) is 4.07. The monoisotopic (exact) mass is 445 g/mol. The van der Waals surface area contributed by atoms with Gasteiger partial charge in [-0.2, -0.15) is 4.31 Å². The van der Waals surface area contributed by atoms with Crippen molar-refractivity contribution < 1.29 is 22.4 Å². The van der Waals surface area contributed by atoms with Crippen LogP contribution in [0, 0.1) is 19.7 Å². The number of sulfonamides is 1. The van der Waals surface area contributed by atoms with E-state index in [2.05, 4.69) is 5.32 Å². The standard InChI is InChI=1S/C22H24FN3O4S/c1-14-3-6-20(15(2)11-14)31(29,30)26-9-7-25(8-10-26)22(28)18-13-21(27)24-19-12-16(23)4-5-17(18)19/h3-6,11-12,18H,7-10,13H2,1-2H3,(H,24,27)/t18-/m0/s1. The highest BCUT2D eigenvalue weighted by molar-refractivity contribution is 7.89. The summed E-state index contributed by atoms with van der Waals surface area (Å²) in [4.78, 5) is 27.1. The average Bonchev–Trinajstić information content (AvgIpc) is 2.72. The molecule has 2 aliphatic heterocycles. The van der Waals surface area contributed by atoms with Crippen molar-refractivity contribution in [2.75, 3.05) is 31.5 Å². The molecule has 0 aliphatic carbocycles. The van der Waals surface area contributed by atoms with Crippen LogP contribution in [-0.2, 0) is 19.6 Å². The highest BCUT2D eigenvalue weighted by Gasteiger charge is 2.37. The molecule has 2 amide bonds. The highest BCUT2D eigenvalue weighted by atomic mass is 32.2. The van der Waals surface area contributed by atoms with E-state index in [9.17, 15) is 22.4 Å². The first-order valence-electron chi connectivity index (χ1n) is 10.1. The summed E-state index contributed by atoms with van der Waals surface area (Å²) in [5.41, 5.74) is 2.57. The minimum absolute atomic E-state index is 0.0153. The molecule has 164 valence electrons. The molecule has 1 saturated heterocycles. The van der Waals surface area contributed by atoms with E-state index in [0.717, 1.165) is 5.56 Å². The highest BCUT2D eigenvalue weighted by Crippen LogP contribution is 2.34. The van der Waals surface area contributed by atoms with Gasteiger partial charge in [-0.25, -0.2) is 12.8 Å². The lowest BCUT2D eigenvalue weighted by Gasteiger charge is -2.37. The number of amides is 2. The van der Waals surface area contributed by atoms with E-state index in [1.165, 1.54) is 22.5 Å². The van der Waals surface area contributed by atoms with Gasteiger partial charge in [0.25, 0.3) is 0 Å². The topological polar surface area (TPSA) is 86.8 Å². The Morgan fingerprint density at radius 3 is 2.45 bits per heavy atom. The zero-order valence-electron chi connectivity index (χ0n) is 17.4. The van der Waals surface area contributed by atoms with E-state index in [4.69, 9.17) is 0 Å². The Hall–Kier alpha value is -2.78. The fraction of sp³-hybridized carbons (Fsp3) is 0.364. The molecule has 1 fully saturated rings. The summed E-state index contributed by atoms with van der Waals surface area (Å²) in [6, 6.07) is 9.23. The fourth-order valence-corrected chi connectivity index (χ4v) is 5.88. The molecule has 0 bridgehead atoms. The van der Waals surface area contributed by atoms with Crippen molar-refractivity contribution in [3.05, 3.63) is 58.9 Å². The number of nitrogens with one attached hydrogen (secondary N) is 1. The Morgan fingerprint density at radius 2 is 1.77 bits per heavy atom. The molecule has 0 saturated carbocycles. The minimum Gasteiger partial charge on any atom is -0.340 e. The van der Waals surface area contributed by atoms with Crippen LogP contribution in [0.5, 0.6) is 0 Å². The van der Waals surface area contributed by atoms with Crippen LogP contribution in [0.3, 0.4) is 0 Å². The van der Waals surface area contributed by atoms with Gasteiger partial charge in [0.1, 0.15) is 5.82 Å². The summed E-state index contributed by atoms with van der Waals surface area (Å²) in [6.45, 7) is 4.50. The number of piperazine rings is 1. The zero-order valence-corrected chi connectivity index (χ0v) is 18.2. The van der Waals surface area contributed by atoms with Gasteiger partial charge in [-0.05, 0) is 43.2 Å². The largest absolute Gasteiger partial charge is 0.340 e. The van der Waals surface area contributed by atoms with Crippen LogP contribution in [0.25, 0.3) is 0 Å². The van der Waals surface area contributed by atoms with E-state index in [1.807, 2.05) is 13.0 Å². The van der Waals surface area contributed by atoms with Gasteiger partial charge in [0.05, 0.1) is 10.8 Å². The predicted molar refractivity (Wildman–Crippen MR) is 114 cm³/mol. The molecule has 1 atom stereocenters. The molecule has 9 heteroatoms. The maximum absolute atomic E-state index is 13.5. The summed E-state index contributed by atoms with van der Waals surface area (Å²) < 4.78 is 41.1. The van der Waals surface area contributed by atoms with E-state index in [-0.39, 0.29) is 49.3 Å². The van der Waals surface area contributed by atoms with Gasteiger partial charge >= 0.3 is 0 Å². The predicted octanol–water partition coefficient (Wildman–Crippen LogP) is 2.40. The van der Waals surface area contributed by atoms with Crippen molar-refractivity contribution in [2.24, 2.45) is 0 Å². The summed E-state index contributed by atoms with van der Waals surface area (Å²) in [5.74, 6) is -1.77. The van der Waals surface area contributed by atoms with Crippen LogP contribution < -0.4 is 5.32 Å². The second-order valence-corrected chi connectivity index (χ2v) is 9.94. The molecule has 31 heavy (non-hydrogen) atoms. The summed E-state index contributed by atoms with van der Waals surface area (Å²) >= 11 is 0. The number of rotatable bonds is 3. The Bertz CT molecular complexity index is 1160. The van der Waals surface area contributed by atoms with Gasteiger partial charge in [0.15, 0.2) is 0 Å². The van der Waals surface area contributed by atoms with Gasteiger partial charge in [0.2, 0.25) is 21.8 Å². The summed E-state index contributed by atoms with van der Waals surface area (Å²) in [5, 5.41) is 2.61. The molecular weight excluding hydrogens is 421 g/mol. The number of hydrogen-bond acceptors (Lipinski definition) is 4. The number of anilines is 1. The summed E-state index contributed by atoms with van der Waals surface area (Å²) in [7, 11) is -3.66. The van der Waals surface area contributed by atoms with E-state index < -0.39 is 21.8 Å². The van der Waals surface area contributed by atoms with Crippen LogP contribution in [0.15, 0.2) is 41.3 Å². The molecule has 4 rings (SSSR count). The smallest absolute Gasteiger partial charge is 0.243 e. The first-order valence-corrected chi connectivity index (χ1v) is 11.6. The first kappa shape index (κ1) is 21.5. The fourth-order valence-electron chi connectivity index (χ4n) is 4.25. The first-order chi connectivity index (χ1) is 14.7. The Balaban J connectivity index is 1.49. The summed E-state index contributed by atoms with van der Waals surface area (Å²) in [6.07, 6.45) is -0.0153. The quantitative estimate of drug-likeness (QED) is 0.786. The van der Waals surface area contributed by atoms with Crippen molar-refractivity contribution in [1.82, 2.24) is 9.21 Å². The molecule has 7 nitrogen and oxygen atoms in total. The normalized spacial score (nSPS) is 19.6. The van der Waals surface area contributed by atoms with E-state index in [0.29, 0.717) is 16.8 Å². The number of carbonyl (C=O) groups excluding carboxylic acids is 2. The molecule has 0 aromatic heterocycles. The molecule has 0 spiro atoms. The molecular formula is C22H24FN3O4S. The Kier molecular flexibility index (Phi) is 5.57. The average molecular weight is 446 g/mol. The second kappa shape index (κ2) is 8.05. The Labute approximate surface area is 180 Å². The van der Waals surface area contributed by atoms with Gasteiger partial charge in [-0.15, -0.1) is 0 Å². The lowest BCUT2D eigenvalue weighted by atomic mass is 9.89. The van der Waals surface area contributed by atoms with Gasteiger partial charge in [0, 0.05) is 38.3 Å². The van der Waals surface area contributed by atoms with Crippen molar-refractivity contribution in [3.63, 3.8) is 0 Å². The van der Waals surface area contributed by atoms with Crippen molar-refractivity contribution in [2.45, 2.75) is 31.1 Å². The molecule has 2 aromatic rings. The number of halogens is 1. The van der Waals surface area contributed by atoms with E-state index in [1.54, 1.807) is 24.0 Å². The SMILES string of the molecule is Cc1ccc(S(=O)(=O)N2CCN(C(=O)[C@H]3CC(=O)Nc4cc(F)ccc43)CC2)c(C)c1. The lowest BCUT2D eigenvalue weighted by Crippen LogP contribution is -2.52. The maximum atomic E-state index is 13.5. The number of carbonyl (C=O) groups is 2. The number of aryl methyl sites for hydroxylation is 2. The van der Waals surface area contributed by atoms with Crippen molar-refractivity contribution in [3.8, 4) is 0 Å². The maximum Gasteiger partial charge on any atom is 0.243 e. The molecule has 0 radical (unpaired) electrons. The minimum atomic E-state index is -3.66. The molecule has 2 aliphatic rings. The second-order valence-electron chi connectivity index (χ2n) is 8.03. The van der Waals surface area contributed by atoms with E-state index >= 15 is 0 Å². The Morgan fingerprint density at radius 1 is 1.06 bits per heavy atom. The molecule has 1 N–H and O–H groups in total. The van der Waals surface area contributed by atoms with Crippen molar-refractivity contribution >= 4 is 27.5 Å². The van der Waals surface area contributed by atoms with Crippen LogP contribution in [-0.4, -0.2) is 55.6 Å². The van der Waals surface area contributed by atoms with Gasteiger partial charge in [-0.3, -0.25) is 9.59 Å². The molecule has 2 aromatic carbocycles. The lowest BCUT2D eigenvalue weighted by molar-refractivity contribution is -0.136. The number of nitrogens with zero attached hydrogens (tertiary/aromatic N) is 2. The zero-order chi connectivity index (χ0) is 22.3. The van der Waals surface area contributed by atoms with Crippen LogP contribution >= 0.6 is 0 Å². The third-order valence-corrected chi connectivity index (χ3v) is 7.91.